The minimum absolute atomic E-state index is 0.0192. The van der Waals surface area contributed by atoms with Crippen LogP contribution >= 0.6 is 39.2 Å². The van der Waals surface area contributed by atoms with Crippen LogP contribution < -0.4 is 4.52 Å². The molecule has 0 spiro atoms. The van der Waals surface area contributed by atoms with Gasteiger partial charge in [0, 0.05) is 10.6 Å². The van der Waals surface area contributed by atoms with E-state index in [9.17, 15) is 14.0 Å². The van der Waals surface area contributed by atoms with Crippen molar-refractivity contribution in [3.05, 3.63) is 24.3 Å². The molecule has 0 aliphatic rings. The molecule has 0 bridgehead atoms. The standard InChI is InChI=1S/C9H12O7P2S2/c10-5-6-20-8-3-1-7(2-4-8)16-18(14,15)9(19)17(11,12)13/h1-4,10H,5-6H2,(H,14,15)(H2,11,12,13). The number of aliphatic hydroxyl groups excluding tert-OH is 1. The van der Waals surface area contributed by atoms with Crippen molar-refractivity contribution in [1.82, 2.24) is 0 Å². The smallest absolute Gasteiger partial charge is 0.421 e. The zero-order chi connectivity index (χ0) is 15.4. The van der Waals surface area contributed by atoms with E-state index in [-0.39, 0.29) is 12.4 Å². The molecule has 1 aromatic rings. The van der Waals surface area contributed by atoms with E-state index >= 15 is 0 Å². The maximum absolute atomic E-state index is 11.6. The second-order valence-electron chi connectivity index (χ2n) is 3.48. The second-order valence-corrected chi connectivity index (χ2v) is 9.22. The normalized spacial score (nSPS) is 14.6. The molecule has 0 radical (unpaired) electrons. The Hall–Kier alpha value is -0.240. The Morgan fingerprint density at radius 3 is 2.20 bits per heavy atom. The van der Waals surface area contributed by atoms with Gasteiger partial charge in [-0.2, -0.15) is 0 Å². The summed E-state index contributed by atoms with van der Waals surface area (Å²) in [5, 5.41) is 8.67. The number of rotatable bonds is 7. The van der Waals surface area contributed by atoms with Gasteiger partial charge in [-0.1, -0.05) is 12.2 Å². The van der Waals surface area contributed by atoms with E-state index in [0.29, 0.717) is 5.75 Å². The largest absolute Gasteiger partial charge is 0.427 e. The van der Waals surface area contributed by atoms with Gasteiger partial charge in [-0.15, -0.1) is 11.8 Å². The van der Waals surface area contributed by atoms with E-state index in [1.165, 1.54) is 23.9 Å². The summed E-state index contributed by atoms with van der Waals surface area (Å²) < 4.78 is 25.9. The van der Waals surface area contributed by atoms with Gasteiger partial charge in [-0.25, -0.2) is 4.57 Å². The molecule has 1 unspecified atom stereocenters. The van der Waals surface area contributed by atoms with Gasteiger partial charge in [0.05, 0.1) is 6.61 Å². The third-order valence-electron chi connectivity index (χ3n) is 1.90. The first-order chi connectivity index (χ1) is 9.16. The van der Waals surface area contributed by atoms with E-state index in [4.69, 9.17) is 14.9 Å². The predicted molar refractivity (Wildman–Crippen MR) is 79.3 cm³/mol. The molecule has 0 aliphatic heterocycles. The highest BCUT2D eigenvalue weighted by Crippen LogP contribution is 2.58. The molecule has 0 aliphatic carbocycles. The summed E-state index contributed by atoms with van der Waals surface area (Å²) in [6.45, 7) is 0.0192. The van der Waals surface area contributed by atoms with Crippen LogP contribution in [0.15, 0.2) is 29.2 Å². The summed E-state index contributed by atoms with van der Waals surface area (Å²) >= 11 is 5.65. The van der Waals surface area contributed by atoms with Crippen LogP contribution in [0.25, 0.3) is 0 Å². The summed E-state index contributed by atoms with van der Waals surface area (Å²) in [4.78, 5) is 27.8. The van der Waals surface area contributed by atoms with Crippen LogP contribution in [0.1, 0.15) is 0 Å². The average molecular weight is 358 g/mol. The second kappa shape index (κ2) is 7.15. The lowest BCUT2D eigenvalue weighted by Gasteiger charge is -2.14. The maximum atomic E-state index is 11.6. The number of thiocarbonyl (C=S) groups is 1. The Morgan fingerprint density at radius 2 is 1.75 bits per heavy atom. The van der Waals surface area contributed by atoms with Crippen molar-refractivity contribution in [3.8, 4) is 5.75 Å². The third kappa shape index (κ3) is 5.27. The van der Waals surface area contributed by atoms with Gasteiger partial charge in [0.15, 0.2) is 0 Å². The van der Waals surface area contributed by atoms with Crippen molar-refractivity contribution in [1.29, 1.82) is 0 Å². The van der Waals surface area contributed by atoms with Gasteiger partial charge in [-0.05, 0) is 24.3 Å². The van der Waals surface area contributed by atoms with E-state index in [0.717, 1.165) is 4.90 Å². The quantitative estimate of drug-likeness (QED) is 0.328. The molecule has 1 rings (SSSR count). The number of hydrogen-bond acceptors (Lipinski definition) is 6. The maximum Gasteiger partial charge on any atom is 0.427 e. The molecule has 4 N–H and O–H groups in total. The predicted octanol–water partition coefficient (Wildman–Crippen LogP) is 1.80. The van der Waals surface area contributed by atoms with Crippen molar-refractivity contribution >= 4 is 43.5 Å². The fraction of sp³-hybridized carbons (Fsp3) is 0.222. The van der Waals surface area contributed by atoms with Crippen molar-refractivity contribution in [2.75, 3.05) is 12.4 Å². The van der Waals surface area contributed by atoms with E-state index < -0.39 is 19.5 Å². The van der Waals surface area contributed by atoms with E-state index in [1.807, 2.05) is 0 Å². The van der Waals surface area contributed by atoms with Crippen LogP contribution in [0.5, 0.6) is 5.75 Å². The van der Waals surface area contributed by atoms with Crippen LogP contribution in [0.2, 0.25) is 0 Å². The first kappa shape index (κ1) is 17.8. The fourth-order valence-electron chi connectivity index (χ4n) is 1.11. The third-order valence-corrected chi connectivity index (χ3v) is 7.28. The van der Waals surface area contributed by atoms with Gasteiger partial charge < -0.3 is 24.3 Å². The number of hydrogen-bond donors (Lipinski definition) is 4. The highest BCUT2D eigenvalue weighted by molar-refractivity contribution is 8.16. The summed E-state index contributed by atoms with van der Waals surface area (Å²) in [5.74, 6) is 0.459. The minimum Gasteiger partial charge on any atom is -0.421 e. The van der Waals surface area contributed by atoms with Crippen molar-refractivity contribution < 1.29 is 33.4 Å². The lowest BCUT2D eigenvalue weighted by atomic mass is 10.3. The minimum atomic E-state index is -4.98. The Morgan fingerprint density at radius 1 is 1.20 bits per heavy atom. The van der Waals surface area contributed by atoms with Crippen molar-refractivity contribution in [2.24, 2.45) is 0 Å². The Balaban J connectivity index is 2.80. The molecule has 1 atom stereocenters. The number of benzene rings is 1. The molecule has 0 saturated heterocycles. The first-order valence-electron chi connectivity index (χ1n) is 5.13. The molecule has 7 nitrogen and oxygen atoms in total. The van der Waals surface area contributed by atoms with Crippen LogP contribution in [0, 0.1) is 0 Å². The van der Waals surface area contributed by atoms with Crippen LogP contribution in [0.4, 0.5) is 0 Å². The Kier molecular flexibility index (Phi) is 6.37. The summed E-state index contributed by atoms with van der Waals surface area (Å²) in [6, 6.07) is 5.89. The summed E-state index contributed by atoms with van der Waals surface area (Å²) in [6.07, 6.45) is 0. The summed E-state index contributed by atoms with van der Waals surface area (Å²) in [7, 11) is -9.72. The molecule has 0 heterocycles. The van der Waals surface area contributed by atoms with Crippen LogP contribution in [-0.4, -0.2) is 36.5 Å². The molecule has 0 fully saturated rings. The van der Waals surface area contributed by atoms with E-state index in [2.05, 4.69) is 16.7 Å². The highest BCUT2D eigenvalue weighted by atomic mass is 32.2. The van der Waals surface area contributed by atoms with Gasteiger partial charge in [0.1, 0.15) is 5.75 Å². The summed E-state index contributed by atoms with van der Waals surface area (Å²) in [5.41, 5.74) is 0. The van der Waals surface area contributed by atoms with E-state index in [1.54, 1.807) is 12.1 Å². The fourth-order valence-corrected chi connectivity index (χ4v) is 3.80. The molecule has 11 heteroatoms. The molecular formula is C9H12O7P2S2. The van der Waals surface area contributed by atoms with Crippen molar-refractivity contribution in [2.45, 2.75) is 4.90 Å². The lowest BCUT2D eigenvalue weighted by molar-refractivity contribution is 0.322. The lowest BCUT2D eigenvalue weighted by Crippen LogP contribution is -2.03. The Bertz CT molecular complexity index is 568. The number of aliphatic hydroxyl groups is 1. The van der Waals surface area contributed by atoms with Crippen LogP contribution in [-0.2, 0) is 9.13 Å². The van der Waals surface area contributed by atoms with Crippen molar-refractivity contribution in [3.63, 3.8) is 0 Å². The number of thioether (sulfide) groups is 1. The van der Waals surface area contributed by atoms with Gasteiger partial charge in [-0.3, -0.25) is 4.57 Å². The monoisotopic (exact) mass is 358 g/mol. The first-order valence-corrected chi connectivity index (χ1v) is 9.72. The molecule has 0 amide bonds. The van der Waals surface area contributed by atoms with Gasteiger partial charge in [0.2, 0.25) is 4.35 Å². The SMILES string of the molecule is O=P(O)(O)C(=S)P(=O)(O)Oc1ccc(SCCO)cc1. The molecule has 20 heavy (non-hydrogen) atoms. The molecule has 0 aromatic heterocycles. The average Bonchev–Trinajstić information content (AvgIpc) is 2.35. The molecule has 112 valence electrons. The Labute approximate surface area is 124 Å². The highest BCUT2D eigenvalue weighted by Gasteiger charge is 2.40. The van der Waals surface area contributed by atoms with Crippen LogP contribution in [0.3, 0.4) is 0 Å². The zero-order valence-electron chi connectivity index (χ0n) is 9.95. The molecule has 1 aromatic carbocycles. The molecule has 0 saturated carbocycles. The van der Waals surface area contributed by atoms with Gasteiger partial charge in [0.25, 0.3) is 0 Å². The molecular weight excluding hydrogens is 346 g/mol. The topological polar surface area (TPSA) is 124 Å². The zero-order valence-corrected chi connectivity index (χ0v) is 13.4. The van der Waals surface area contributed by atoms with Gasteiger partial charge >= 0.3 is 15.2 Å².